The summed E-state index contributed by atoms with van der Waals surface area (Å²) in [5, 5.41) is 21.8. The van der Waals surface area contributed by atoms with Crippen LogP contribution in [-0.4, -0.2) is 74.7 Å². The van der Waals surface area contributed by atoms with Gasteiger partial charge < -0.3 is 19.7 Å². The second-order valence-corrected chi connectivity index (χ2v) is 7.50. The van der Waals surface area contributed by atoms with E-state index in [0.717, 1.165) is 26.3 Å². The standard InChI is InChI=1S/C14H16N4O3S.C5H11NO/c1-2-21-13(20)10-12(22)18(8-16)11(19)9(7-15)14(10)3-5-17-6-4-14;1-6-2-4-7-5-3-6/h9,17,22H,2-6H2,1H3;2-5H2,1H3. The molecular weight excluding hydrogens is 394 g/mol. The zero-order valence-electron chi connectivity index (χ0n) is 16.8. The number of carbonyl (C=O) groups excluding carboxylic acids is 2. The van der Waals surface area contributed by atoms with Gasteiger partial charge in [-0.1, -0.05) is 0 Å². The number of carbonyl (C=O) groups is 2. The Morgan fingerprint density at radius 3 is 2.41 bits per heavy atom. The Balaban J connectivity index is 0.000000360. The van der Waals surface area contributed by atoms with E-state index in [0.29, 0.717) is 30.8 Å². The van der Waals surface area contributed by atoms with Crippen molar-refractivity contribution in [1.82, 2.24) is 15.1 Å². The van der Waals surface area contributed by atoms with Crippen LogP contribution in [0.5, 0.6) is 0 Å². The van der Waals surface area contributed by atoms with Gasteiger partial charge in [0.2, 0.25) is 0 Å². The van der Waals surface area contributed by atoms with Crippen LogP contribution < -0.4 is 5.32 Å². The number of morpholine rings is 1. The van der Waals surface area contributed by atoms with Crippen LogP contribution in [-0.2, 0) is 19.1 Å². The van der Waals surface area contributed by atoms with Crippen molar-refractivity contribution in [3.63, 3.8) is 0 Å². The summed E-state index contributed by atoms with van der Waals surface area (Å²) in [6.45, 7) is 7.00. The molecule has 1 amide bonds. The van der Waals surface area contributed by atoms with Gasteiger partial charge in [-0.2, -0.15) is 10.5 Å². The molecule has 0 aromatic carbocycles. The van der Waals surface area contributed by atoms with Crippen molar-refractivity contribution >= 4 is 24.5 Å². The van der Waals surface area contributed by atoms with E-state index in [1.54, 1.807) is 13.1 Å². The molecule has 1 atom stereocenters. The molecule has 2 saturated heterocycles. The van der Waals surface area contributed by atoms with Crippen LogP contribution in [0.1, 0.15) is 19.8 Å². The molecule has 9 nitrogen and oxygen atoms in total. The monoisotopic (exact) mass is 421 g/mol. The molecule has 3 rings (SSSR count). The van der Waals surface area contributed by atoms with Crippen LogP contribution in [0, 0.1) is 34.1 Å². The van der Waals surface area contributed by atoms with Crippen molar-refractivity contribution in [3.05, 3.63) is 10.6 Å². The Bertz CT molecular complexity index is 730. The first-order valence-corrected chi connectivity index (χ1v) is 10.1. The largest absolute Gasteiger partial charge is 0.463 e. The van der Waals surface area contributed by atoms with E-state index >= 15 is 0 Å². The van der Waals surface area contributed by atoms with Crippen LogP contribution in [0.25, 0.3) is 0 Å². The number of thiol groups is 1. The smallest absolute Gasteiger partial charge is 0.337 e. The average molecular weight is 422 g/mol. The highest BCUT2D eigenvalue weighted by Crippen LogP contribution is 2.50. The van der Waals surface area contributed by atoms with Crippen molar-refractivity contribution in [2.24, 2.45) is 11.3 Å². The molecule has 0 aromatic rings. The number of esters is 1. The van der Waals surface area contributed by atoms with Crippen molar-refractivity contribution < 1.29 is 19.1 Å². The summed E-state index contributed by atoms with van der Waals surface area (Å²) >= 11 is 4.22. The van der Waals surface area contributed by atoms with E-state index in [2.05, 4.69) is 29.9 Å². The Morgan fingerprint density at radius 1 is 1.34 bits per heavy atom. The first-order valence-electron chi connectivity index (χ1n) is 9.64. The second kappa shape index (κ2) is 10.6. The number of nitriles is 2. The van der Waals surface area contributed by atoms with Gasteiger partial charge in [0.05, 0.1) is 31.5 Å². The van der Waals surface area contributed by atoms with Crippen molar-refractivity contribution in [3.8, 4) is 12.3 Å². The minimum absolute atomic E-state index is 0.0284. The van der Waals surface area contributed by atoms with Gasteiger partial charge in [-0.3, -0.25) is 4.79 Å². The van der Waals surface area contributed by atoms with Crippen LogP contribution >= 0.6 is 12.6 Å². The Labute approximate surface area is 176 Å². The zero-order chi connectivity index (χ0) is 21.4. The van der Waals surface area contributed by atoms with Crippen LogP contribution in [0.15, 0.2) is 10.6 Å². The number of rotatable bonds is 2. The van der Waals surface area contributed by atoms with Crippen LogP contribution in [0.2, 0.25) is 0 Å². The van der Waals surface area contributed by atoms with Gasteiger partial charge in [0.15, 0.2) is 6.19 Å². The number of nitrogens with zero attached hydrogens (tertiary/aromatic N) is 4. The SMILES string of the molecule is CCOC(=O)C1=C(S)N(C#N)C(=O)C(C#N)C12CCNCC2.CN1CCOCC1. The number of nitrogens with one attached hydrogen (secondary N) is 1. The third kappa shape index (κ3) is 4.90. The summed E-state index contributed by atoms with van der Waals surface area (Å²) in [4.78, 5) is 27.8. The molecule has 1 N–H and O–H groups in total. The van der Waals surface area contributed by atoms with Gasteiger partial charge in [0.25, 0.3) is 5.91 Å². The van der Waals surface area contributed by atoms with Gasteiger partial charge >= 0.3 is 5.97 Å². The molecule has 0 radical (unpaired) electrons. The zero-order valence-corrected chi connectivity index (χ0v) is 17.7. The summed E-state index contributed by atoms with van der Waals surface area (Å²) in [7, 11) is 2.11. The predicted octanol–water partition coefficient (Wildman–Crippen LogP) is 0.472. The molecule has 3 heterocycles. The predicted molar refractivity (Wildman–Crippen MR) is 107 cm³/mol. The maximum atomic E-state index is 12.4. The Kier molecular flexibility index (Phi) is 8.47. The highest BCUT2D eigenvalue weighted by Gasteiger charge is 2.56. The lowest BCUT2D eigenvalue weighted by atomic mass is 9.63. The molecule has 1 unspecified atom stereocenters. The van der Waals surface area contributed by atoms with Gasteiger partial charge in [-0.05, 0) is 39.9 Å². The Hall–Kier alpha value is -2.11. The lowest BCUT2D eigenvalue weighted by Gasteiger charge is -2.45. The fraction of sp³-hybridized carbons (Fsp3) is 0.684. The number of hydrogen-bond acceptors (Lipinski definition) is 9. The summed E-state index contributed by atoms with van der Waals surface area (Å²) in [5.41, 5.74) is -0.791. The summed E-state index contributed by atoms with van der Waals surface area (Å²) in [6, 6.07) is 1.98. The molecule has 0 aliphatic carbocycles. The lowest BCUT2D eigenvalue weighted by Crippen LogP contribution is -2.53. The number of likely N-dealkylation sites (N-methyl/N-ethyl adjacent to an activating group) is 1. The first kappa shape index (κ1) is 23.2. The minimum atomic E-state index is -1.09. The molecule has 1 spiro atoms. The third-order valence-electron chi connectivity index (χ3n) is 5.39. The van der Waals surface area contributed by atoms with E-state index in [1.165, 1.54) is 0 Å². The molecule has 10 heteroatoms. The summed E-state index contributed by atoms with van der Waals surface area (Å²) in [6.07, 6.45) is 2.57. The maximum absolute atomic E-state index is 12.4. The van der Waals surface area contributed by atoms with Gasteiger partial charge in [0.1, 0.15) is 10.9 Å². The van der Waals surface area contributed by atoms with Crippen molar-refractivity contribution in [2.75, 3.05) is 53.0 Å². The number of hydrogen-bond donors (Lipinski definition) is 2. The minimum Gasteiger partial charge on any atom is -0.463 e. The van der Waals surface area contributed by atoms with Gasteiger partial charge in [0, 0.05) is 18.5 Å². The molecule has 0 saturated carbocycles. The molecule has 3 aliphatic heterocycles. The van der Waals surface area contributed by atoms with E-state index in [1.807, 2.05) is 6.07 Å². The molecular formula is C19H27N5O4S. The van der Waals surface area contributed by atoms with E-state index in [-0.39, 0.29) is 17.2 Å². The van der Waals surface area contributed by atoms with E-state index < -0.39 is 23.2 Å². The highest BCUT2D eigenvalue weighted by atomic mass is 32.1. The van der Waals surface area contributed by atoms with E-state index in [9.17, 15) is 14.9 Å². The topological polar surface area (TPSA) is 119 Å². The summed E-state index contributed by atoms with van der Waals surface area (Å²) in [5.74, 6) is -2.35. The number of ether oxygens (including phenoxy) is 2. The summed E-state index contributed by atoms with van der Waals surface area (Å²) < 4.78 is 10.2. The quantitative estimate of drug-likeness (QED) is 0.375. The third-order valence-corrected chi connectivity index (χ3v) is 5.82. The number of piperidine rings is 1. The highest BCUT2D eigenvalue weighted by molar-refractivity contribution is 7.84. The second-order valence-electron chi connectivity index (χ2n) is 7.08. The molecule has 3 aliphatic rings. The van der Waals surface area contributed by atoms with Crippen LogP contribution in [0.4, 0.5) is 0 Å². The Morgan fingerprint density at radius 2 is 1.97 bits per heavy atom. The first-order chi connectivity index (χ1) is 13.9. The molecule has 2 fully saturated rings. The van der Waals surface area contributed by atoms with Gasteiger partial charge in [-0.25, -0.2) is 9.69 Å². The maximum Gasteiger partial charge on any atom is 0.337 e. The van der Waals surface area contributed by atoms with Crippen molar-refractivity contribution in [2.45, 2.75) is 19.8 Å². The lowest BCUT2D eigenvalue weighted by molar-refractivity contribution is -0.143. The average Bonchev–Trinajstić information content (AvgIpc) is 2.70. The molecule has 158 valence electrons. The van der Waals surface area contributed by atoms with E-state index in [4.69, 9.17) is 14.7 Å². The molecule has 29 heavy (non-hydrogen) atoms. The fourth-order valence-electron chi connectivity index (χ4n) is 3.79. The van der Waals surface area contributed by atoms with Gasteiger partial charge in [-0.15, -0.1) is 12.6 Å². The fourth-order valence-corrected chi connectivity index (χ4v) is 4.25. The molecule has 0 bridgehead atoms. The van der Waals surface area contributed by atoms with Crippen molar-refractivity contribution in [1.29, 1.82) is 10.5 Å². The number of amides is 1. The molecule has 0 aromatic heterocycles. The van der Waals surface area contributed by atoms with Crippen LogP contribution in [0.3, 0.4) is 0 Å². The normalized spacial score (nSPS) is 24.2.